The highest BCUT2D eigenvalue weighted by atomic mass is 16.6. The third kappa shape index (κ3) is 9.82. The van der Waals surface area contributed by atoms with Crippen molar-refractivity contribution in [2.24, 2.45) is 0 Å². The molecule has 0 radical (unpaired) electrons. The molecule has 0 aromatic rings. The van der Waals surface area contributed by atoms with Crippen molar-refractivity contribution in [2.75, 3.05) is 13.2 Å². The molecular weight excluding hydrogens is 312 g/mol. The Morgan fingerprint density at radius 2 is 1.57 bits per heavy atom. The first-order valence-corrected chi connectivity index (χ1v) is 7.34. The van der Waals surface area contributed by atoms with Gasteiger partial charge in [0.05, 0.1) is 19.4 Å². The van der Waals surface area contributed by atoms with Crippen LogP contribution in [0.15, 0.2) is 0 Å². The van der Waals surface area contributed by atoms with Gasteiger partial charge < -0.3 is 29.9 Å². The van der Waals surface area contributed by atoms with Gasteiger partial charge in [-0.05, 0) is 6.42 Å². The van der Waals surface area contributed by atoms with Gasteiger partial charge in [0.25, 0.3) is 0 Å². The second-order valence-corrected chi connectivity index (χ2v) is 5.14. The molecule has 0 aliphatic carbocycles. The molecule has 9 heteroatoms. The molecule has 1 unspecified atom stereocenters. The van der Waals surface area contributed by atoms with E-state index in [1.165, 1.54) is 0 Å². The summed E-state index contributed by atoms with van der Waals surface area (Å²) in [5.41, 5.74) is -2.67. The molecule has 0 spiro atoms. The second-order valence-electron chi connectivity index (χ2n) is 5.14. The molecule has 134 valence electrons. The zero-order chi connectivity index (χ0) is 17.9. The molecule has 23 heavy (non-hydrogen) atoms. The number of rotatable bonds is 12. The number of aliphatic carboxylic acids is 1. The number of carbonyl (C=O) groups excluding carboxylic acids is 2. The van der Waals surface area contributed by atoms with E-state index in [1.807, 2.05) is 6.92 Å². The molecule has 1 atom stereocenters. The van der Waals surface area contributed by atoms with Crippen molar-refractivity contribution in [3.05, 3.63) is 0 Å². The smallest absolute Gasteiger partial charge is 0.336 e. The summed E-state index contributed by atoms with van der Waals surface area (Å²) < 4.78 is 9.16. The maximum absolute atomic E-state index is 11.6. The summed E-state index contributed by atoms with van der Waals surface area (Å²) in [6.07, 6.45) is -0.349. The van der Waals surface area contributed by atoms with E-state index in [-0.39, 0.29) is 6.61 Å². The van der Waals surface area contributed by atoms with Crippen molar-refractivity contribution < 1.29 is 44.3 Å². The standard InChI is InChI=1S/C14H24O9/c1-2-3-4-5-6-22-11(17)7-14(21,13(19)20)8-12(18)23-9-10(15)16/h10,15-16,21H,2-9H2,1H3,(H,19,20). The minimum absolute atomic E-state index is 0.107. The van der Waals surface area contributed by atoms with E-state index in [2.05, 4.69) is 4.74 Å². The molecule has 0 saturated heterocycles. The van der Waals surface area contributed by atoms with Crippen LogP contribution >= 0.6 is 0 Å². The average molecular weight is 336 g/mol. The van der Waals surface area contributed by atoms with E-state index in [1.54, 1.807) is 0 Å². The Morgan fingerprint density at radius 3 is 2.04 bits per heavy atom. The zero-order valence-corrected chi connectivity index (χ0v) is 13.1. The van der Waals surface area contributed by atoms with Crippen LogP contribution in [0.1, 0.15) is 45.4 Å². The Labute approximate surface area is 133 Å². The molecule has 0 heterocycles. The molecular formula is C14H24O9. The Hall–Kier alpha value is -1.71. The fraction of sp³-hybridized carbons (Fsp3) is 0.786. The maximum Gasteiger partial charge on any atom is 0.336 e. The van der Waals surface area contributed by atoms with Gasteiger partial charge in [-0.1, -0.05) is 26.2 Å². The van der Waals surface area contributed by atoms with Crippen LogP contribution in [-0.4, -0.2) is 63.4 Å². The van der Waals surface area contributed by atoms with Crippen LogP contribution in [-0.2, 0) is 23.9 Å². The highest BCUT2D eigenvalue weighted by molar-refractivity contribution is 5.88. The summed E-state index contributed by atoms with van der Waals surface area (Å²) in [7, 11) is 0. The lowest BCUT2D eigenvalue weighted by molar-refractivity contribution is -0.176. The number of unbranched alkanes of at least 4 members (excludes halogenated alkanes) is 3. The summed E-state index contributed by atoms with van der Waals surface area (Å²) in [4.78, 5) is 34.0. The van der Waals surface area contributed by atoms with Gasteiger partial charge in [0, 0.05) is 0 Å². The number of aliphatic hydroxyl groups is 3. The third-order valence-corrected chi connectivity index (χ3v) is 2.93. The van der Waals surface area contributed by atoms with Gasteiger partial charge in [-0.15, -0.1) is 0 Å². The molecule has 0 aliphatic rings. The van der Waals surface area contributed by atoms with E-state index in [4.69, 9.17) is 20.1 Å². The van der Waals surface area contributed by atoms with Crippen LogP contribution in [0.2, 0.25) is 0 Å². The molecule has 0 aliphatic heterocycles. The molecule has 0 amide bonds. The largest absolute Gasteiger partial charge is 0.479 e. The summed E-state index contributed by atoms with van der Waals surface area (Å²) in [6, 6.07) is 0. The summed E-state index contributed by atoms with van der Waals surface area (Å²) in [5, 5.41) is 36.0. The van der Waals surface area contributed by atoms with E-state index in [0.717, 1.165) is 19.3 Å². The van der Waals surface area contributed by atoms with Gasteiger partial charge in [0.1, 0.15) is 6.61 Å². The quantitative estimate of drug-likeness (QED) is 0.211. The predicted molar refractivity (Wildman–Crippen MR) is 76.1 cm³/mol. The number of carbonyl (C=O) groups is 3. The SMILES string of the molecule is CCCCCCOC(=O)CC(O)(CC(=O)OCC(O)O)C(=O)O. The number of esters is 2. The number of ether oxygens (including phenoxy) is 2. The second kappa shape index (κ2) is 10.9. The molecule has 0 fully saturated rings. The number of carboxylic acids is 1. The van der Waals surface area contributed by atoms with Crippen molar-refractivity contribution in [2.45, 2.75) is 57.3 Å². The maximum atomic E-state index is 11.6. The lowest BCUT2D eigenvalue weighted by Crippen LogP contribution is -2.43. The van der Waals surface area contributed by atoms with Crippen molar-refractivity contribution in [3.63, 3.8) is 0 Å². The Bertz CT molecular complexity index is 394. The number of hydrogen-bond donors (Lipinski definition) is 4. The first kappa shape index (κ1) is 21.3. The van der Waals surface area contributed by atoms with E-state index >= 15 is 0 Å². The minimum atomic E-state index is -2.67. The summed E-state index contributed by atoms with van der Waals surface area (Å²) in [5.74, 6) is -3.90. The highest BCUT2D eigenvalue weighted by Gasteiger charge is 2.42. The van der Waals surface area contributed by atoms with Crippen LogP contribution in [0.4, 0.5) is 0 Å². The van der Waals surface area contributed by atoms with Crippen molar-refractivity contribution >= 4 is 17.9 Å². The van der Waals surface area contributed by atoms with Crippen LogP contribution in [0.3, 0.4) is 0 Å². The number of carboxylic acid groups (broad SMARTS) is 1. The Balaban J connectivity index is 4.38. The summed E-state index contributed by atoms with van der Waals surface area (Å²) >= 11 is 0. The van der Waals surface area contributed by atoms with Gasteiger partial charge in [-0.3, -0.25) is 9.59 Å². The van der Waals surface area contributed by atoms with Gasteiger partial charge in [0.15, 0.2) is 11.9 Å². The summed E-state index contributed by atoms with van der Waals surface area (Å²) in [6.45, 7) is 1.36. The highest BCUT2D eigenvalue weighted by Crippen LogP contribution is 2.18. The van der Waals surface area contributed by atoms with Crippen LogP contribution < -0.4 is 0 Å². The monoisotopic (exact) mass is 336 g/mol. The van der Waals surface area contributed by atoms with Crippen LogP contribution in [0, 0.1) is 0 Å². The number of hydrogen-bond acceptors (Lipinski definition) is 8. The Morgan fingerprint density at radius 1 is 1.00 bits per heavy atom. The molecule has 4 N–H and O–H groups in total. The van der Waals surface area contributed by atoms with Gasteiger partial charge in [-0.25, -0.2) is 4.79 Å². The van der Waals surface area contributed by atoms with Gasteiger partial charge in [0.2, 0.25) is 0 Å². The molecule has 0 aromatic carbocycles. The van der Waals surface area contributed by atoms with Crippen LogP contribution in [0.5, 0.6) is 0 Å². The van der Waals surface area contributed by atoms with Crippen LogP contribution in [0.25, 0.3) is 0 Å². The normalized spacial score (nSPS) is 13.4. The third-order valence-electron chi connectivity index (χ3n) is 2.93. The Kier molecular flexibility index (Phi) is 10.1. The molecule has 0 aromatic heterocycles. The fourth-order valence-corrected chi connectivity index (χ4v) is 1.68. The van der Waals surface area contributed by atoms with Crippen molar-refractivity contribution in [1.29, 1.82) is 0 Å². The predicted octanol–water partition coefficient (Wildman–Crippen LogP) is -0.440. The van der Waals surface area contributed by atoms with E-state index in [0.29, 0.717) is 6.42 Å². The van der Waals surface area contributed by atoms with Crippen molar-refractivity contribution in [3.8, 4) is 0 Å². The molecule has 0 bridgehead atoms. The first-order valence-electron chi connectivity index (χ1n) is 7.34. The van der Waals surface area contributed by atoms with E-state index < -0.39 is 49.2 Å². The average Bonchev–Trinajstić information content (AvgIpc) is 2.44. The lowest BCUT2D eigenvalue weighted by Gasteiger charge is -2.21. The van der Waals surface area contributed by atoms with E-state index in [9.17, 15) is 19.5 Å². The van der Waals surface area contributed by atoms with Gasteiger partial charge in [-0.2, -0.15) is 0 Å². The fourth-order valence-electron chi connectivity index (χ4n) is 1.68. The van der Waals surface area contributed by atoms with Crippen molar-refractivity contribution in [1.82, 2.24) is 0 Å². The molecule has 0 rings (SSSR count). The topological polar surface area (TPSA) is 151 Å². The molecule has 0 saturated carbocycles. The lowest BCUT2D eigenvalue weighted by atomic mass is 9.96. The number of aliphatic hydroxyl groups excluding tert-OH is 1. The van der Waals surface area contributed by atoms with Gasteiger partial charge >= 0.3 is 17.9 Å². The molecule has 9 nitrogen and oxygen atoms in total. The first-order chi connectivity index (χ1) is 10.7. The minimum Gasteiger partial charge on any atom is -0.479 e. The zero-order valence-electron chi connectivity index (χ0n) is 13.1.